The molecule has 28 heavy (non-hydrogen) atoms. The summed E-state index contributed by atoms with van der Waals surface area (Å²) in [5.74, 6) is 1.64. The van der Waals surface area contributed by atoms with Crippen molar-refractivity contribution >= 4 is 5.97 Å². The number of unbranched alkanes of at least 4 members (excludes halogenated alkanes) is 1. The van der Waals surface area contributed by atoms with E-state index in [9.17, 15) is 4.79 Å². The first-order valence-electron chi connectivity index (χ1n) is 10.8. The molecule has 6 aliphatic rings. The van der Waals surface area contributed by atoms with Gasteiger partial charge in [0.2, 0.25) is 11.5 Å². The van der Waals surface area contributed by atoms with Crippen molar-refractivity contribution in [2.24, 2.45) is 17.8 Å². The molecule has 0 aliphatic carbocycles. The summed E-state index contributed by atoms with van der Waals surface area (Å²) in [5, 5.41) is 0. The average molecular weight is 387 g/mol. The molecule has 0 amide bonds. The van der Waals surface area contributed by atoms with E-state index in [0.717, 1.165) is 25.1 Å². The largest absolute Gasteiger partial charge is 0.492 e. The average Bonchev–Trinajstić information content (AvgIpc) is 3.38. The molecule has 5 bridgehead atoms. The van der Waals surface area contributed by atoms with E-state index < -0.39 is 5.79 Å². The number of rotatable bonds is 4. The van der Waals surface area contributed by atoms with Gasteiger partial charge in [0.1, 0.15) is 5.76 Å². The highest BCUT2D eigenvalue weighted by molar-refractivity contribution is 5.93. The zero-order valence-electron chi connectivity index (χ0n) is 17.1. The fourth-order valence-electron chi connectivity index (χ4n) is 7.64. The Balaban J connectivity index is 1.46. The number of fused-ring (bicyclic) bond motifs is 1. The van der Waals surface area contributed by atoms with E-state index in [1.54, 1.807) is 14.0 Å². The van der Waals surface area contributed by atoms with Gasteiger partial charge in [-0.05, 0) is 32.7 Å². The number of ether oxygens (including phenoxy) is 4. The summed E-state index contributed by atoms with van der Waals surface area (Å²) in [6, 6.07) is 0.496. The molecule has 1 spiro atoms. The zero-order valence-corrected chi connectivity index (χ0v) is 17.1. The fourth-order valence-corrected chi connectivity index (χ4v) is 7.64. The molecule has 152 valence electrons. The Morgan fingerprint density at radius 2 is 2.18 bits per heavy atom. The van der Waals surface area contributed by atoms with E-state index in [1.807, 2.05) is 0 Å². The smallest absolute Gasteiger partial charge is 0.343 e. The molecule has 0 aromatic carbocycles. The molecule has 6 rings (SSSR count). The Labute approximate surface area is 165 Å². The van der Waals surface area contributed by atoms with Crippen molar-refractivity contribution in [1.82, 2.24) is 4.90 Å². The first-order chi connectivity index (χ1) is 13.5. The molecule has 0 N–H and O–H groups in total. The molecule has 0 radical (unpaired) electrons. The van der Waals surface area contributed by atoms with Crippen LogP contribution in [0, 0.1) is 17.8 Å². The predicted octanol–water partition coefficient (Wildman–Crippen LogP) is 3.09. The normalized spacial score (nSPS) is 52.5. The van der Waals surface area contributed by atoms with Crippen molar-refractivity contribution in [3.05, 3.63) is 22.9 Å². The minimum absolute atomic E-state index is 0.134. The summed E-state index contributed by atoms with van der Waals surface area (Å²) in [6.07, 6.45) is 6.15. The number of esters is 1. The lowest BCUT2D eigenvalue weighted by molar-refractivity contribution is -0.256. The van der Waals surface area contributed by atoms with Gasteiger partial charge in [-0.25, -0.2) is 4.79 Å². The van der Waals surface area contributed by atoms with Crippen molar-refractivity contribution in [1.29, 1.82) is 0 Å². The summed E-state index contributed by atoms with van der Waals surface area (Å²) in [4.78, 5) is 14.9. The number of hydrogen-bond acceptors (Lipinski definition) is 6. The Morgan fingerprint density at radius 1 is 1.36 bits per heavy atom. The first-order valence-corrected chi connectivity index (χ1v) is 10.8. The number of cyclic esters (lactones) is 1. The summed E-state index contributed by atoms with van der Waals surface area (Å²) >= 11 is 0. The van der Waals surface area contributed by atoms with Crippen molar-refractivity contribution in [3.63, 3.8) is 0 Å². The van der Waals surface area contributed by atoms with Crippen molar-refractivity contribution < 1.29 is 23.7 Å². The number of methoxy groups -OCH3 is 1. The van der Waals surface area contributed by atoms with Gasteiger partial charge < -0.3 is 18.9 Å². The van der Waals surface area contributed by atoms with E-state index >= 15 is 0 Å². The number of carbonyl (C=O) groups excluding carboxylic acids is 1. The van der Waals surface area contributed by atoms with E-state index in [-0.39, 0.29) is 29.4 Å². The van der Waals surface area contributed by atoms with Gasteiger partial charge >= 0.3 is 5.97 Å². The summed E-state index contributed by atoms with van der Waals surface area (Å²) < 4.78 is 24.7. The highest BCUT2D eigenvalue weighted by Gasteiger charge is 2.84. The first kappa shape index (κ1) is 17.3. The molecule has 5 fully saturated rings. The maximum absolute atomic E-state index is 12.2. The Morgan fingerprint density at radius 3 is 2.93 bits per heavy atom. The Hall–Kier alpha value is -1.53. The van der Waals surface area contributed by atoms with Gasteiger partial charge in [0, 0.05) is 17.9 Å². The molecular formula is C22H29NO5. The van der Waals surface area contributed by atoms with Crippen LogP contribution in [0.15, 0.2) is 22.9 Å². The third-order valence-corrected chi connectivity index (χ3v) is 8.53. The molecule has 6 heterocycles. The maximum atomic E-state index is 12.2. The van der Waals surface area contributed by atoms with Gasteiger partial charge in [-0.3, -0.25) is 4.90 Å². The van der Waals surface area contributed by atoms with Crippen molar-refractivity contribution in [2.75, 3.05) is 13.7 Å². The van der Waals surface area contributed by atoms with Gasteiger partial charge in [-0.2, -0.15) is 0 Å². The molecule has 6 nitrogen and oxygen atoms in total. The lowest BCUT2D eigenvalue weighted by Gasteiger charge is -2.48. The SMILES string of the molecule is CCCC[C@@]12C3CC4C5C(C)/C(=C6\OC(=O)C(C)=C6OC)O[C@]5(O3)C1CCN42. The van der Waals surface area contributed by atoms with E-state index in [2.05, 4.69) is 18.7 Å². The Bertz CT molecular complexity index is 833. The second kappa shape index (κ2) is 5.33. The second-order valence-electron chi connectivity index (χ2n) is 9.42. The summed E-state index contributed by atoms with van der Waals surface area (Å²) in [5.41, 5.74) is 0.659. The van der Waals surface area contributed by atoms with Crippen LogP contribution in [0.4, 0.5) is 0 Å². The fraction of sp³-hybridized carbons (Fsp3) is 0.773. The number of piperidine rings is 1. The summed E-state index contributed by atoms with van der Waals surface area (Å²) in [7, 11) is 1.58. The number of carbonyl (C=O) groups is 1. The van der Waals surface area contributed by atoms with Crippen LogP contribution in [0.5, 0.6) is 0 Å². The van der Waals surface area contributed by atoms with Crippen molar-refractivity contribution in [2.45, 2.75) is 76.3 Å². The molecule has 6 unspecified atom stereocenters. The molecule has 5 saturated heterocycles. The lowest BCUT2D eigenvalue weighted by atomic mass is 9.69. The highest BCUT2D eigenvalue weighted by atomic mass is 16.7. The minimum Gasteiger partial charge on any atom is -0.492 e. The highest BCUT2D eigenvalue weighted by Crippen LogP contribution is 2.73. The second-order valence-corrected chi connectivity index (χ2v) is 9.42. The van der Waals surface area contributed by atoms with Gasteiger partial charge in [-0.15, -0.1) is 0 Å². The van der Waals surface area contributed by atoms with Crippen LogP contribution in [0.1, 0.15) is 52.9 Å². The Kier molecular flexibility index (Phi) is 3.30. The van der Waals surface area contributed by atoms with Crippen LogP contribution in [-0.4, -0.2) is 48.0 Å². The number of hydrogen-bond donors (Lipinski definition) is 0. The monoisotopic (exact) mass is 387 g/mol. The van der Waals surface area contributed by atoms with E-state index in [4.69, 9.17) is 18.9 Å². The molecular weight excluding hydrogens is 358 g/mol. The molecule has 6 heteroatoms. The van der Waals surface area contributed by atoms with Crippen LogP contribution >= 0.6 is 0 Å². The molecule has 6 aliphatic heterocycles. The number of nitrogens with zero attached hydrogens (tertiary/aromatic N) is 1. The van der Waals surface area contributed by atoms with E-state index in [1.165, 1.54) is 19.3 Å². The topological polar surface area (TPSA) is 57.2 Å². The quantitative estimate of drug-likeness (QED) is 0.691. The third kappa shape index (κ3) is 1.65. The van der Waals surface area contributed by atoms with E-state index in [0.29, 0.717) is 29.1 Å². The predicted molar refractivity (Wildman–Crippen MR) is 99.6 cm³/mol. The van der Waals surface area contributed by atoms with Crippen LogP contribution in [0.2, 0.25) is 0 Å². The zero-order chi connectivity index (χ0) is 19.4. The molecule has 0 aromatic heterocycles. The van der Waals surface area contributed by atoms with Gasteiger partial charge in [-0.1, -0.05) is 26.7 Å². The maximum Gasteiger partial charge on any atom is 0.343 e. The molecule has 0 aromatic rings. The van der Waals surface area contributed by atoms with Crippen LogP contribution in [0.3, 0.4) is 0 Å². The minimum atomic E-state index is -0.558. The van der Waals surface area contributed by atoms with Gasteiger partial charge in [0.25, 0.3) is 0 Å². The number of allylic oxidation sites excluding steroid dienone is 1. The standard InChI is InChI=1S/C22H29NO5/c1-5-6-8-21-14-7-9-23(21)13-10-15(21)27-22(14)16(13)11(2)18(28-22)19-17(25-4)12(3)20(24)26-19/h11,13-16H,5-10H2,1-4H3/b19-18+/t11?,13?,14?,15?,16?,21-,22+/m0/s1. The van der Waals surface area contributed by atoms with Crippen LogP contribution < -0.4 is 0 Å². The molecule has 0 saturated carbocycles. The van der Waals surface area contributed by atoms with Gasteiger partial charge in [0.05, 0.1) is 30.2 Å². The third-order valence-electron chi connectivity index (χ3n) is 8.53. The van der Waals surface area contributed by atoms with Gasteiger partial charge in [0.15, 0.2) is 5.76 Å². The lowest BCUT2D eigenvalue weighted by Crippen LogP contribution is -2.61. The summed E-state index contributed by atoms with van der Waals surface area (Å²) in [6.45, 7) is 7.37. The molecule has 8 atom stereocenters. The van der Waals surface area contributed by atoms with Crippen LogP contribution in [0.25, 0.3) is 0 Å². The van der Waals surface area contributed by atoms with Crippen LogP contribution in [-0.2, 0) is 23.7 Å². The van der Waals surface area contributed by atoms with Crippen molar-refractivity contribution in [3.8, 4) is 0 Å².